The van der Waals surface area contributed by atoms with Crippen molar-refractivity contribution in [2.45, 2.75) is 123 Å². The van der Waals surface area contributed by atoms with Crippen LogP contribution in [0, 0.1) is 41.4 Å². The van der Waals surface area contributed by atoms with Gasteiger partial charge in [-0.15, -0.1) is 11.8 Å². The van der Waals surface area contributed by atoms with Crippen LogP contribution in [0.15, 0.2) is 46.9 Å². The van der Waals surface area contributed by atoms with Crippen LogP contribution in [-0.2, 0) is 19.8 Å². The number of hydrogen-bond acceptors (Lipinski definition) is 6. The second-order valence-electron chi connectivity index (χ2n) is 16.3. The Labute approximate surface area is 284 Å². The SMILES string of the molecule is CC(=O)Oc1cc2c(c(C)c1OC(C)=O)C(Sc1ccc(C)cc1)C=C1[C@@]2(C)CC[C@@]2(C)[C@@H]3C[C@](C)(C(N)=O)CC[C@]3(C)CC[C@]12C. The Balaban J connectivity index is 1.56. The summed E-state index contributed by atoms with van der Waals surface area (Å²) in [4.78, 5) is 38.7. The molecule has 2 aromatic carbocycles. The predicted octanol–water partition coefficient (Wildman–Crippen LogP) is 9.08. The number of hydrogen-bond donors (Lipinski definition) is 1. The number of ether oxygens (including phenoxy) is 2. The van der Waals surface area contributed by atoms with Crippen LogP contribution < -0.4 is 15.2 Å². The van der Waals surface area contributed by atoms with Gasteiger partial charge in [0.2, 0.25) is 5.91 Å². The minimum Gasteiger partial charge on any atom is -0.423 e. The van der Waals surface area contributed by atoms with Crippen LogP contribution >= 0.6 is 11.8 Å². The lowest BCUT2D eigenvalue weighted by molar-refractivity contribution is -0.166. The first-order chi connectivity index (χ1) is 21.9. The summed E-state index contributed by atoms with van der Waals surface area (Å²) in [5, 5.41) is -0.0498. The number of fused-ring (bicyclic) bond motifs is 7. The second-order valence-corrected chi connectivity index (χ2v) is 17.5. The summed E-state index contributed by atoms with van der Waals surface area (Å²) in [6.45, 7) is 18.7. The smallest absolute Gasteiger partial charge is 0.308 e. The van der Waals surface area contributed by atoms with Crippen LogP contribution in [-0.4, -0.2) is 17.8 Å². The van der Waals surface area contributed by atoms with Crippen LogP contribution in [0.25, 0.3) is 0 Å². The number of thioether (sulfide) groups is 1. The molecule has 3 fully saturated rings. The number of primary amides is 1. The molecule has 2 aromatic rings. The van der Waals surface area contributed by atoms with Crippen molar-refractivity contribution in [2.75, 3.05) is 0 Å². The number of amides is 1. The van der Waals surface area contributed by atoms with Crippen molar-refractivity contribution in [3.8, 4) is 11.5 Å². The third kappa shape index (κ3) is 5.17. The highest BCUT2D eigenvalue weighted by Crippen LogP contribution is 2.75. The maximum Gasteiger partial charge on any atom is 0.308 e. The fourth-order valence-corrected chi connectivity index (χ4v) is 11.5. The Bertz CT molecular complexity index is 1700. The Morgan fingerprint density at radius 1 is 0.851 bits per heavy atom. The Morgan fingerprint density at radius 2 is 1.49 bits per heavy atom. The fourth-order valence-electron chi connectivity index (χ4n) is 10.2. The largest absolute Gasteiger partial charge is 0.423 e. The Kier molecular flexibility index (Phi) is 8.10. The van der Waals surface area contributed by atoms with E-state index in [2.05, 4.69) is 71.9 Å². The summed E-state index contributed by atoms with van der Waals surface area (Å²) < 4.78 is 11.6. The van der Waals surface area contributed by atoms with Gasteiger partial charge in [0.25, 0.3) is 0 Å². The van der Waals surface area contributed by atoms with Gasteiger partial charge in [-0.25, -0.2) is 0 Å². The number of aryl methyl sites for hydroxylation is 1. The van der Waals surface area contributed by atoms with Crippen LogP contribution in [0.4, 0.5) is 0 Å². The van der Waals surface area contributed by atoms with Crippen LogP contribution in [0.3, 0.4) is 0 Å². The van der Waals surface area contributed by atoms with Crippen LogP contribution in [0.5, 0.6) is 11.5 Å². The number of carbonyl (C=O) groups excluding carboxylic acids is 3. The quantitative estimate of drug-likeness (QED) is 0.196. The zero-order chi connectivity index (χ0) is 34.3. The molecule has 3 saturated carbocycles. The molecule has 0 aromatic heterocycles. The molecule has 4 aliphatic rings. The molecule has 0 aliphatic heterocycles. The minimum absolute atomic E-state index is 0.0372. The van der Waals surface area contributed by atoms with Gasteiger partial charge in [-0.1, -0.05) is 64.0 Å². The minimum atomic E-state index is -0.493. The van der Waals surface area contributed by atoms with Crippen molar-refractivity contribution in [1.29, 1.82) is 0 Å². The summed E-state index contributed by atoms with van der Waals surface area (Å²) in [6.07, 6.45) is 9.35. The average Bonchev–Trinajstić information content (AvgIpc) is 2.99. The average molecular weight is 658 g/mol. The number of esters is 2. The highest BCUT2D eigenvalue weighted by Gasteiger charge is 2.67. The van der Waals surface area contributed by atoms with Crippen molar-refractivity contribution in [1.82, 2.24) is 0 Å². The van der Waals surface area contributed by atoms with Gasteiger partial charge in [-0.05, 0) is 110 Å². The van der Waals surface area contributed by atoms with Crippen molar-refractivity contribution >= 4 is 29.6 Å². The molecule has 0 bridgehead atoms. The van der Waals surface area contributed by atoms with E-state index >= 15 is 0 Å². The van der Waals surface area contributed by atoms with Crippen molar-refractivity contribution in [3.05, 3.63) is 64.2 Å². The molecular formula is C40H51NO5S. The summed E-state index contributed by atoms with van der Waals surface area (Å²) in [6, 6.07) is 10.6. The lowest BCUT2D eigenvalue weighted by atomic mass is 9.34. The van der Waals surface area contributed by atoms with Crippen LogP contribution in [0.2, 0.25) is 0 Å². The molecular weight excluding hydrogens is 607 g/mol. The summed E-state index contributed by atoms with van der Waals surface area (Å²) in [7, 11) is 0. The molecule has 47 heavy (non-hydrogen) atoms. The van der Waals surface area contributed by atoms with Crippen molar-refractivity contribution in [3.63, 3.8) is 0 Å². The molecule has 4 aliphatic carbocycles. The van der Waals surface area contributed by atoms with Gasteiger partial charge in [0.15, 0.2) is 11.5 Å². The molecule has 0 heterocycles. The lowest BCUT2D eigenvalue weighted by Crippen LogP contribution is -2.63. The van der Waals surface area contributed by atoms with Crippen molar-refractivity contribution in [2.24, 2.45) is 33.3 Å². The first kappa shape index (κ1) is 33.8. The third-order valence-electron chi connectivity index (χ3n) is 13.4. The van der Waals surface area contributed by atoms with Gasteiger partial charge in [-0.2, -0.15) is 0 Å². The molecule has 0 spiro atoms. The van der Waals surface area contributed by atoms with E-state index in [-0.39, 0.29) is 32.8 Å². The van der Waals surface area contributed by atoms with E-state index in [1.54, 1.807) is 0 Å². The third-order valence-corrected chi connectivity index (χ3v) is 14.6. The van der Waals surface area contributed by atoms with Gasteiger partial charge in [0.1, 0.15) is 0 Å². The highest BCUT2D eigenvalue weighted by atomic mass is 32.2. The fraction of sp³-hybridized carbons (Fsp3) is 0.575. The first-order valence-electron chi connectivity index (χ1n) is 17.2. The Hall–Kier alpha value is -3.06. The number of benzene rings is 2. The van der Waals surface area contributed by atoms with E-state index in [1.165, 1.54) is 25.0 Å². The molecule has 6 rings (SSSR count). The van der Waals surface area contributed by atoms with E-state index in [0.717, 1.165) is 66.5 Å². The number of nitrogens with two attached hydrogens (primary N) is 1. The van der Waals surface area contributed by atoms with E-state index in [0.29, 0.717) is 17.4 Å². The van der Waals surface area contributed by atoms with Gasteiger partial charge in [-0.3, -0.25) is 14.4 Å². The molecule has 252 valence electrons. The Morgan fingerprint density at radius 3 is 2.11 bits per heavy atom. The predicted molar refractivity (Wildman–Crippen MR) is 186 cm³/mol. The van der Waals surface area contributed by atoms with E-state index in [9.17, 15) is 14.4 Å². The first-order valence-corrected chi connectivity index (χ1v) is 18.1. The highest BCUT2D eigenvalue weighted by molar-refractivity contribution is 7.99. The number of allylic oxidation sites excluding steroid dienone is 1. The maximum atomic E-state index is 12.8. The molecule has 7 heteroatoms. The van der Waals surface area contributed by atoms with Gasteiger partial charge >= 0.3 is 11.9 Å². The summed E-state index contributed by atoms with van der Waals surface area (Å²) in [5.74, 6) is -0.110. The van der Waals surface area contributed by atoms with E-state index < -0.39 is 17.4 Å². The standard InChI is InChI=1S/C40H51NO5S/c1-23-10-12-27(13-11-23)47-30-21-31-38(7,28-20-29(45-25(3)42)34(46-26(4)43)24(2)33(28)30)17-19-40(9)32-22-37(6,35(41)44)15-14-36(32,5)16-18-39(31,40)8/h10-13,20-21,30,32H,14-19,22H2,1-9H3,(H2,41,44)/t30?,32-,36-,37-,38+,39-,40+/m1/s1. The van der Waals surface area contributed by atoms with Crippen molar-refractivity contribution < 1.29 is 23.9 Å². The van der Waals surface area contributed by atoms with Gasteiger partial charge < -0.3 is 15.2 Å². The molecule has 1 amide bonds. The number of carbonyl (C=O) groups is 3. The zero-order valence-corrected chi connectivity index (χ0v) is 30.4. The molecule has 0 radical (unpaired) electrons. The van der Waals surface area contributed by atoms with E-state index in [1.807, 2.05) is 24.8 Å². The molecule has 0 saturated heterocycles. The summed E-state index contributed by atoms with van der Waals surface area (Å²) >= 11 is 1.81. The molecule has 6 nitrogen and oxygen atoms in total. The lowest BCUT2D eigenvalue weighted by Gasteiger charge is -2.70. The van der Waals surface area contributed by atoms with E-state index in [4.69, 9.17) is 15.2 Å². The second kappa shape index (κ2) is 11.2. The summed E-state index contributed by atoms with van der Waals surface area (Å²) in [5.41, 5.74) is 11.0. The number of rotatable bonds is 5. The van der Waals surface area contributed by atoms with Gasteiger partial charge in [0, 0.05) is 35.1 Å². The van der Waals surface area contributed by atoms with Crippen LogP contribution in [0.1, 0.15) is 121 Å². The monoisotopic (exact) mass is 657 g/mol. The zero-order valence-electron chi connectivity index (χ0n) is 29.6. The molecule has 2 N–H and O–H groups in total. The van der Waals surface area contributed by atoms with Gasteiger partial charge in [0.05, 0.1) is 5.25 Å². The normalized spacial score (nSPS) is 35.7. The topological polar surface area (TPSA) is 95.7 Å². The molecule has 7 atom stereocenters. The molecule has 1 unspecified atom stereocenters. The maximum absolute atomic E-state index is 12.8.